The van der Waals surface area contributed by atoms with Crippen molar-refractivity contribution in [3.63, 3.8) is 0 Å². The van der Waals surface area contributed by atoms with Gasteiger partial charge in [0.1, 0.15) is 11.9 Å². The van der Waals surface area contributed by atoms with Gasteiger partial charge in [-0.05, 0) is 18.2 Å². The molecule has 1 heterocycles. The molecule has 7 heteroatoms. The average Bonchev–Trinajstić information content (AvgIpc) is 2.50. The molecule has 4 nitrogen and oxygen atoms in total. The number of hydrogen-bond acceptors (Lipinski definition) is 3. The SMILES string of the molecule is C=CCN(Cc1cc(Br)ccc1F)C(=O)C1CNCCO1.Cl. The van der Waals surface area contributed by atoms with Crippen molar-refractivity contribution in [3.05, 3.63) is 46.7 Å². The van der Waals surface area contributed by atoms with E-state index in [9.17, 15) is 9.18 Å². The van der Waals surface area contributed by atoms with Gasteiger partial charge in [-0.2, -0.15) is 0 Å². The summed E-state index contributed by atoms with van der Waals surface area (Å²) in [4.78, 5) is 14.0. The van der Waals surface area contributed by atoms with Crippen molar-refractivity contribution in [1.29, 1.82) is 0 Å². The molecule has 0 aliphatic carbocycles. The molecule has 0 spiro atoms. The Bertz CT molecular complexity index is 524. The summed E-state index contributed by atoms with van der Waals surface area (Å²) in [5.41, 5.74) is 0.461. The Morgan fingerprint density at radius 3 is 3.00 bits per heavy atom. The predicted octanol–water partition coefficient (Wildman–Crippen LogP) is 2.51. The lowest BCUT2D eigenvalue weighted by molar-refractivity contribution is -0.145. The first-order valence-corrected chi connectivity index (χ1v) is 7.57. The van der Waals surface area contributed by atoms with E-state index in [0.717, 1.165) is 11.0 Å². The molecular formula is C15H19BrClFN2O2. The first-order chi connectivity index (χ1) is 10.1. The molecule has 2 rings (SSSR count). The quantitative estimate of drug-likeness (QED) is 0.782. The third-order valence-electron chi connectivity index (χ3n) is 3.23. The van der Waals surface area contributed by atoms with Crippen molar-refractivity contribution in [1.82, 2.24) is 10.2 Å². The molecule has 1 aliphatic heterocycles. The zero-order valence-corrected chi connectivity index (χ0v) is 14.5. The monoisotopic (exact) mass is 392 g/mol. The van der Waals surface area contributed by atoms with Gasteiger partial charge >= 0.3 is 0 Å². The summed E-state index contributed by atoms with van der Waals surface area (Å²) in [5.74, 6) is -0.482. The van der Waals surface area contributed by atoms with E-state index in [1.54, 1.807) is 23.1 Å². The fourth-order valence-corrected chi connectivity index (χ4v) is 2.59. The number of hydrogen-bond donors (Lipinski definition) is 1. The fraction of sp³-hybridized carbons (Fsp3) is 0.400. The van der Waals surface area contributed by atoms with Gasteiger partial charge in [0, 0.05) is 36.2 Å². The molecule has 0 saturated carbocycles. The predicted molar refractivity (Wildman–Crippen MR) is 89.6 cm³/mol. The van der Waals surface area contributed by atoms with Crippen LogP contribution in [-0.2, 0) is 16.1 Å². The van der Waals surface area contributed by atoms with Crippen LogP contribution in [0.4, 0.5) is 4.39 Å². The lowest BCUT2D eigenvalue weighted by Gasteiger charge is -2.29. The molecular weight excluding hydrogens is 375 g/mol. The van der Waals surface area contributed by atoms with Crippen molar-refractivity contribution in [2.24, 2.45) is 0 Å². The standard InChI is InChI=1S/C15H18BrFN2O2.ClH/c1-2-6-19(15(20)14-9-18-5-7-21-14)10-11-8-12(16)3-4-13(11)17;/h2-4,8,14,18H,1,5-7,9-10H2;1H. The van der Waals surface area contributed by atoms with E-state index in [1.807, 2.05) is 0 Å². The zero-order valence-electron chi connectivity index (χ0n) is 12.1. The molecule has 22 heavy (non-hydrogen) atoms. The highest BCUT2D eigenvalue weighted by Gasteiger charge is 2.26. The van der Waals surface area contributed by atoms with E-state index >= 15 is 0 Å². The highest BCUT2D eigenvalue weighted by Crippen LogP contribution is 2.18. The number of ether oxygens (including phenoxy) is 1. The third-order valence-corrected chi connectivity index (χ3v) is 3.73. The molecule has 1 unspecified atom stereocenters. The van der Waals surface area contributed by atoms with Crippen molar-refractivity contribution < 1.29 is 13.9 Å². The number of nitrogens with zero attached hydrogens (tertiary/aromatic N) is 1. The van der Waals surface area contributed by atoms with Crippen molar-refractivity contribution in [3.8, 4) is 0 Å². The normalized spacial score (nSPS) is 17.5. The van der Waals surface area contributed by atoms with Crippen LogP contribution in [0.1, 0.15) is 5.56 Å². The Hall–Kier alpha value is -0.950. The molecule has 1 aliphatic rings. The number of halogens is 3. The van der Waals surface area contributed by atoms with Crippen LogP contribution in [0.2, 0.25) is 0 Å². The summed E-state index contributed by atoms with van der Waals surface area (Å²) in [7, 11) is 0. The van der Waals surface area contributed by atoms with E-state index in [1.165, 1.54) is 6.07 Å². The molecule has 1 N–H and O–H groups in total. The minimum absolute atomic E-state index is 0. The van der Waals surface area contributed by atoms with Gasteiger partial charge in [-0.15, -0.1) is 19.0 Å². The molecule has 122 valence electrons. The van der Waals surface area contributed by atoms with Gasteiger partial charge in [0.15, 0.2) is 0 Å². The van der Waals surface area contributed by atoms with Gasteiger partial charge in [-0.3, -0.25) is 4.79 Å². The molecule has 1 fully saturated rings. The smallest absolute Gasteiger partial charge is 0.253 e. The average molecular weight is 394 g/mol. The summed E-state index contributed by atoms with van der Waals surface area (Å²) in [6.07, 6.45) is 1.11. The second kappa shape index (κ2) is 9.25. The minimum atomic E-state index is -0.520. The first-order valence-electron chi connectivity index (χ1n) is 6.77. The van der Waals surface area contributed by atoms with Crippen molar-refractivity contribution in [2.45, 2.75) is 12.6 Å². The Kier molecular flexibility index (Phi) is 8.03. The highest BCUT2D eigenvalue weighted by atomic mass is 79.9. The Morgan fingerprint density at radius 1 is 1.59 bits per heavy atom. The number of amides is 1. The van der Waals surface area contributed by atoms with E-state index in [0.29, 0.717) is 25.3 Å². The van der Waals surface area contributed by atoms with Gasteiger partial charge in [0.25, 0.3) is 5.91 Å². The first kappa shape index (κ1) is 19.1. The molecule has 1 aromatic rings. The Labute approximate surface area is 144 Å². The maximum Gasteiger partial charge on any atom is 0.253 e. The number of morpholine rings is 1. The van der Waals surface area contributed by atoms with Gasteiger partial charge in [-0.1, -0.05) is 22.0 Å². The van der Waals surface area contributed by atoms with Crippen LogP contribution in [0.15, 0.2) is 35.3 Å². The molecule has 1 aromatic carbocycles. The second-order valence-corrected chi connectivity index (χ2v) is 5.72. The topological polar surface area (TPSA) is 41.6 Å². The Morgan fingerprint density at radius 2 is 2.36 bits per heavy atom. The maximum atomic E-state index is 13.8. The van der Waals surface area contributed by atoms with E-state index in [4.69, 9.17) is 4.74 Å². The van der Waals surface area contributed by atoms with Crippen LogP contribution < -0.4 is 5.32 Å². The van der Waals surface area contributed by atoms with Gasteiger partial charge < -0.3 is 15.0 Å². The van der Waals surface area contributed by atoms with E-state index < -0.39 is 6.10 Å². The number of nitrogens with one attached hydrogen (secondary N) is 1. The molecule has 1 amide bonds. The summed E-state index contributed by atoms with van der Waals surface area (Å²) < 4.78 is 20.1. The lowest BCUT2D eigenvalue weighted by Crippen LogP contribution is -2.49. The lowest BCUT2D eigenvalue weighted by atomic mass is 10.1. The number of benzene rings is 1. The molecule has 1 atom stereocenters. The molecule has 0 radical (unpaired) electrons. The van der Waals surface area contributed by atoms with Crippen LogP contribution >= 0.6 is 28.3 Å². The van der Waals surface area contributed by atoms with Crippen LogP contribution in [0.3, 0.4) is 0 Å². The number of carbonyl (C=O) groups excluding carboxylic acids is 1. The largest absolute Gasteiger partial charge is 0.366 e. The van der Waals surface area contributed by atoms with Crippen molar-refractivity contribution >= 4 is 34.2 Å². The van der Waals surface area contributed by atoms with Crippen LogP contribution in [0, 0.1) is 5.82 Å². The fourth-order valence-electron chi connectivity index (χ4n) is 2.19. The van der Waals surface area contributed by atoms with Crippen LogP contribution in [0.25, 0.3) is 0 Å². The maximum absolute atomic E-state index is 13.8. The van der Waals surface area contributed by atoms with Crippen LogP contribution in [0.5, 0.6) is 0 Å². The van der Waals surface area contributed by atoms with Crippen LogP contribution in [-0.4, -0.2) is 43.2 Å². The third kappa shape index (κ3) is 5.05. The molecule has 1 saturated heterocycles. The van der Waals surface area contributed by atoms with E-state index in [2.05, 4.69) is 27.8 Å². The summed E-state index contributed by atoms with van der Waals surface area (Å²) in [6.45, 7) is 5.92. The van der Waals surface area contributed by atoms with Gasteiger partial charge in [0.05, 0.1) is 6.61 Å². The molecule has 0 bridgehead atoms. The Balaban J connectivity index is 0.00000242. The second-order valence-electron chi connectivity index (χ2n) is 4.81. The summed E-state index contributed by atoms with van der Waals surface area (Å²) >= 11 is 3.31. The number of carbonyl (C=O) groups is 1. The summed E-state index contributed by atoms with van der Waals surface area (Å²) in [6, 6.07) is 4.69. The van der Waals surface area contributed by atoms with E-state index in [-0.39, 0.29) is 30.7 Å². The van der Waals surface area contributed by atoms with Crippen molar-refractivity contribution in [2.75, 3.05) is 26.2 Å². The van der Waals surface area contributed by atoms with Gasteiger partial charge in [0.2, 0.25) is 0 Å². The number of rotatable bonds is 5. The zero-order chi connectivity index (χ0) is 15.2. The minimum Gasteiger partial charge on any atom is -0.366 e. The molecule has 0 aromatic heterocycles. The van der Waals surface area contributed by atoms with Gasteiger partial charge in [-0.25, -0.2) is 4.39 Å². The summed E-state index contributed by atoms with van der Waals surface area (Å²) in [5, 5.41) is 3.12. The highest BCUT2D eigenvalue weighted by molar-refractivity contribution is 9.10.